The average Bonchev–Trinajstić information content (AvgIpc) is 3.28. The smallest absolute Gasteiger partial charge is 0.124 e. The minimum atomic E-state index is 0.322. The Morgan fingerprint density at radius 3 is 2.50 bits per heavy atom. The van der Waals surface area contributed by atoms with Crippen LogP contribution in [0.2, 0.25) is 0 Å². The van der Waals surface area contributed by atoms with E-state index in [9.17, 15) is 5.11 Å². The normalized spacial score (nSPS) is 15.8. The van der Waals surface area contributed by atoms with E-state index in [-0.39, 0.29) is 0 Å². The van der Waals surface area contributed by atoms with Gasteiger partial charge in [-0.05, 0) is 35.7 Å². The average molecular weight is 358 g/mol. The molecule has 1 aromatic carbocycles. The topological polar surface area (TPSA) is 39.6 Å². The van der Waals surface area contributed by atoms with E-state index in [1.54, 1.807) is 34.8 Å². The maximum atomic E-state index is 9.40. The summed E-state index contributed by atoms with van der Waals surface area (Å²) in [5.74, 6) is 0.322. The summed E-state index contributed by atoms with van der Waals surface area (Å²) in [6, 6.07) is 9.60. The quantitative estimate of drug-likeness (QED) is 0.769. The molecule has 0 atom stereocenters. The maximum Gasteiger partial charge on any atom is 0.124 e. The Hall–Kier alpha value is -1.89. The van der Waals surface area contributed by atoms with Gasteiger partial charge in [0, 0.05) is 54.7 Å². The minimum Gasteiger partial charge on any atom is -0.508 e. The number of benzene rings is 1. The number of nitrogens with zero attached hydrogens (tertiary/aromatic N) is 3. The highest BCUT2D eigenvalue weighted by molar-refractivity contribution is 7.14. The summed E-state index contributed by atoms with van der Waals surface area (Å²) in [4.78, 5) is 9.61. The van der Waals surface area contributed by atoms with Gasteiger partial charge in [0.1, 0.15) is 10.8 Å². The third kappa shape index (κ3) is 3.45. The molecule has 124 valence electrons. The molecule has 4 nitrogen and oxygen atoms in total. The molecule has 0 unspecified atom stereocenters. The second kappa shape index (κ2) is 6.93. The highest BCUT2D eigenvalue weighted by atomic mass is 32.1. The van der Waals surface area contributed by atoms with Gasteiger partial charge in [-0.3, -0.25) is 4.90 Å². The molecule has 4 rings (SSSR count). The van der Waals surface area contributed by atoms with Gasteiger partial charge in [-0.2, -0.15) is 11.3 Å². The number of piperazine rings is 1. The lowest BCUT2D eigenvalue weighted by atomic mass is 10.2. The predicted molar refractivity (Wildman–Crippen MR) is 101 cm³/mol. The van der Waals surface area contributed by atoms with Crippen LogP contribution in [0, 0.1) is 0 Å². The lowest BCUT2D eigenvalue weighted by molar-refractivity contribution is 0.247. The van der Waals surface area contributed by atoms with Gasteiger partial charge in [-0.1, -0.05) is 0 Å². The number of thiophene rings is 1. The lowest BCUT2D eigenvalue weighted by Gasteiger charge is -2.35. The van der Waals surface area contributed by atoms with Crippen LogP contribution in [0.5, 0.6) is 5.75 Å². The van der Waals surface area contributed by atoms with E-state index in [2.05, 4.69) is 32.0 Å². The van der Waals surface area contributed by atoms with Gasteiger partial charge in [0.05, 0.1) is 5.69 Å². The largest absolute Gasteiger partial charge is 0.508 e. The molecule has 0 bridgehead atoms. The van der Waals surface area contributed by atoms with Crippen LogP contribution in [0.1, 0.15) is 5.69 Å². The van der Waals surface area contributed by atoms with E-state index in [1.807, 2.05) is 12.1 Å². The number of phenols is 1. The zero-order valence-electron chi connectivity index (χ0n) is 13.3. The van der Waals surface area contributed by atoms with Gasteiger partial charge in [0.25, 0.3) is 0 Å². The molecule has 3 heterocycles. The summed E-state index contributed by atoms with van der Waals surface area (Å²) in [6.45, 7) is 5.00. The lowest BCUT2D eigenvalue weighted by Crippen LogP contribution is -2.46. The van der Waals surface area contributed by atoms with E-state index < -0.39 is 0 Å². The number of aromatic hydroxyl groups is 1. The van der Waals surface area contributed by atoms with Crippen LogP contribution in [-0.4, -0.2) is 41.2 Å². The van der Waals surface area contributed by atoms with E-state index in [0.717, 1.165) is 37.7 Å². The molecule has 0 spiro atoms. The van der Waals surface area contributed by atoms with Crippen LogP contribution >= 0.6 is 22.7 Å². The van der Waals surface area contributed by atoms with Gasteiger partial charge in [0.2, 0.25) is 0 Å². The summed E-state index contributed by atoms with van der Waals surface area (Å²) in [6.07, 6.45) is 0. The van der Waals surface area contributed by atoms with E-state index in [0.29, 0.717) is 5.75 Å². The molecule has 1 fully saturated rings. The Bertz CT molecular complexity index is 775. The number of anilines is 1. The second-order valence-electron chi connectivity index (χ2n) is 5.94. The van der Waals surface area contributed by atoms with E-state index in [1.165, 1.54) is 16.9 Å². The molecule has 0 amide bonds. The van der Waals surface area contributed by atoms with Crippen molar-refractivity contribution in [1.29, 1.82) is 0 Å². The number of hydrogen-bond donors (Lipinski definition) is 1. The van der Waals surface area contributed by atoms with E-state index in [4.69, 9.17) is 4.98 Å². The van der Waals surface area contributed by atoms with Crippen LogP contribution in [-0.2, 0) is 6.54 Å². The Balaban J connectivity index is 1.34. The van der Waals surface area contributed by atoms with Crippen molar-refractivity contribution in [2.45, 2.75) is 6.54 Å². The summed E-state index contributed by atoms with van der Waals surface area (Å²) >= 11 is 3.44. The van der Waals surface area contributed by atoms with Gasteiger partial charge < -0.3 is 10.0 Å². The highest BCUT2D eigenvalue weighted by Gasteiger charge is 2.18. The molecule has 0 aliphatic carbocycles. The SMILES string of the molecule is Oc1ccc(N2CCN(Cc3csc(-c4ccsc4)n3)CC2)cc1. The summed E-state index contributed by atoms with van der Waals surface area (Å²) in [7, 11) is 0. The van der Waals surface area contributed by atoms with Crippen molar-refractivity contribution < 1.29 is 5.11 Å². The second-order valence-corrected chi connectivity index (χ2v) is 7.57. The molecule has 0 saturated carbocycles. The Morgan fingerprint density at radius 1 is 1.00 bits per heavy atom. The van der Waals surface area contributed by atoms with Crippen molar-refractivity contribution in [3.8, 4) is 16.3 Å². The minimum absolute atomic E-state index is 0.322. The molecule has 24 heavy (non-hydrogen) atoms. The molecular weight excluding hydrogens is 338 g/mol. The Kier molecular flexibility index (Phi) is 4.51. The monoisotopic (exact) mass is 357 g/mol. The van der Waals surface area contributed by atoms with Gasteiger partial charge in [0.15, 0.2) is 0 Å². The fraction of sp³-hybridized carbons (Fsp3) is 0.278. The van der Waals surface area contributed by atoms with Crippen molar-refractivity contribution >= 4 is 28.4 Å². The number of thiazole rings is 1. The molecule has 1 saturated heterocycles. The van der Waals surface area contributed by atoms with Crippen LogP contribution in [0.4, 0.5) is 5.69 Å². The van der Waals surface area contributed by atoms with Gasteiger partial charge in [-0.25, -0.2) is 4.98 Å². The van der Waals surface area contributed by atoms with Crippen LogP contribution < -0.4 is 4.90 Å². The first-order valence-corrected chi connectivity index (χ1v) is 9.83. The van der Waals surface area contributed by atoms with Crippen LogP contribution in [0.3, 0.4) is 0 Å². The molecule has 1 aliphatic rings. The third-order valence-corrected chi connectivity index (χ3v) is 5.92. The van der Waals surface area contributed by atoms with Crippen LogP contribution in [0.15, 0.2) is 46.5 Å². The van der Waals surface area contributed by atoms with Crippen LogP contribution in [0.25, 0.3) is 10.6 Å². The zero-order chi connectivity index (χ0) is 16.4. The third-order valence-electron chi connectivity index (χ3n) is 4.29. The fourth-order valence-electron chi connectivity index (χ4n) is 2.96. The molecule has 1 N–H and O–H groups in total. The molecule has 6 heteroatoms. The first-order chi connectivity index (χ1) is 11.8. The molecule has 3 aromatic rings. The number of hydrogen-bond acceptors (Lipinski definition) is 6. The summed E-state index contributed by atoms with van der Waals surface area (Å²) < 4.78 is 0. The standard InChI is InChI=1S/C18H19N3OS2/c22-17-3-1-16(2-4-17)21-8-6-20(7-9-21)11-15-13-24-18(19-15)14-5-10-23-12-14/h1-5,10,12-13,22H,6-9,11H2. The Labute approximate surface area is 149 Å². The first-order valence-electron chi connectivity index (χ1n) is 8.01. The fourth-order valence-corrected chi connectivity index (χ4v) is 4.48. The molecular formula is C18H19N3OS2. The summed E-state index contributed by atoms with van der Waals surface area (Å²) in [5, 5.41) is 16.9. The summed E-state index contributed by atoms with van der Waals surface area (Å²) in [5.41, 5.74) is 3.58. The molecule has 0 radical (unpaired) electrons. The first kappa shape index (κ1) is 15.6. The van der Waals surface area contributed by atoms with Gasteiger partial charge in [-0.15, -0.1) is 11.3 Å². The van der Waals surface area contributed by atoms with Crippen molar-refractivity contribution in [2.75, 3.05) is 31.1 Å². The van der Waals surface area contributed by atoms with Crippen molar-refractivity contribution in [1.82, 2.24) is 9.88 Å². The Morgan fingerprint density at radius 2 is 1.79 bits per heavy atom. The number of rotatable bonds is 4. The predicted octanol–water partition coefficient (Wildman–Crippen LogP) is 3.90. The highest BCUT2D eigenvalue weighted by Crippen LogP contribution is 2.26. The number of phenolic OH excluding ortho intramolecular Hbond substituents is 1. The van der Waals surface area contributed by atoms with Crippen molar-refractivity contribution in [3.63, 3.8) is 0 Å². The van der Waals surface area contributed by atoms with Gasteiger partial charge >= 0.3 is 0 Å². The van der Waals surface area contributed by atoms with Crippen molar-refractivity contribution in [2.24, 2.45) is 0 Å². The molecule has 1 aliphatic heterocycles. The zero-order valence-corrected chi connectivity index (χ0v) is 14.9. The number of aromatic nitrogens is 1. The maximum absolute atomic E-state index is 9.40. The molecule has 2 aromatic heterocycles. The van der Waals surface area contributed by atoms with E-state index >= 15 is 0 Å². The van der Waals surface area contributed by atoms with Crippen molar-refractivity contribution in [3.05, 3.63) is 52.2 Å².